The lowest BCUT2D eigenvalue weighted by Crippen LogP contribution is -2.29. The van der Waals surface area contributed by atoms with Gasteiger partial charge in [-0.3, -0.25) is 4.79 Å². The number of hydrogen-bond donors (Lipinski definition) is 3. The van der Waals surface area contributed by atoms with Gasteiger partial charge in [0.1, 0.15) is 0 Å². The summed E-state index contributed by atoms with van der Waals surface area (Å²) in [5, 5.41) is 2.60. The first-order valence-corrected chi connectivity index (χ1v) is 10.3. The van der Waals surface area contributed by atoms with Gasteiger partial charge < -0.3 is 14.7 Å². The third-order valence-electron chi connectivity index (χ3n) is 4.52. The Balaban J connectivity index is 1.68. The van der Waals surface area contributed by atoms with Gasteiger partial charge in [0.2, 0.25) is 5.09 Å². The highest BCUT2D eigenvalue weighted by molar-refractivity contribution is 7.89. The smallest absolute Gasteiger partial charge is 0.287 e. The third kappa shape index (κ3) is 3.78. The molecule has 1 amide bonds. The number of hydrogen-bond acceptors (Lipinski definition) is 5. The maximum absolute atomic E-state index is 12.8. The van der Waals surface area contributed by atoms with Gasteiger partial charge in [-0.1, -0.05) is 36.4 Å². The Bertz CT molecular complexity index is 1260. The summed E-state index contributed by atoms with van der Waals surface area (Å²) in [6.45, 7) is 0. The van der Waals surface area contributed by atoms with Crippen LogP contribution in [0.4, 0.5) is 0 Å². The topological polar surface area (TPSA) is 117 Å². The van der Waals surface area contributed by atoms with Crippen molar-refractivity contribution >= 4 is 27.0 Å². The summed E-state index contributed by atoms with van der Waals surface area (Å²) in [5.74, 6) is -0.622. The minimum absolute atomic E-state index is 0.0950. The number of carbonyl (C=O) groups is 1. The molecule has 0 saturated heterocycles. The first kappa shape index (κ1) is 18.9. The summed E-state index contributed by atoms with van der Waals surface area (Å²) in [4.78, 5) is 20.1. The fourth-order valence-electron chi connectivity index (χ4n) is 3.03. The van der Waals surface area contributed by atoms with Crippen molar-refractivity contribution in [3.8, 4) is 0 Å². The number of imidazole rings is 1. The number of carbonyl (C=O) groups excluding carboxylic acids is 1. The van der Waals surface area contributed by atoms with Crippen molar-refractivity contribution < 1.29 is 17.6 Å². The van der Waals surface area contributed by atoms with Gasteiger partial charge >= 0.3 is 0 Å². The summed E-state index contributed by atoms with van der Waals surface area (Å²) < 4.78 is 31.1. The Morgan fingerprint density at radius 2 is 1.86 bits per heavy atom. The molecule has 2 aromatic heterocycles. The second kappa shape index (κ2) is 7.53. The standard InChI is InChI=1S/C20H18N4O4S/c1-21-29(26,27)18-10-9-17(28-18)20(25)24-19(13-5-3-2-4-6-13)14-7-8-15-16(11-14)23-12-22-15/h2-12,19,21H,1H3,(H,22,23)(H,24,25). The molecule has 0 bridgehead atoms. The highest BCUT2D eigenvalue weighted by Crippen LogP contribution is 2.25. The van der Waals surface area contributed by atoms with E-state index < -0.39 is 22.0 Å². The maximum atomic E-state index is 12.8. The zero-order valence-electron chi connectivity index (χ0n) is 15.4. The number of aromatic amines is 1. The predicted molar refractivity (Wildman–Crippen MR) is 107 cm³/mol. The van der Waals surface area contributed by atoms with Crippen LogP contribution in [0.2, 0.25) is 0 Å². The van der Waals surface area contributed by atoms with Crippen molar-refractivity contribution in [3.63, 3.8) is 0 Å². The van der Waals surface area contributed by atoms with Crippen molar-refractivity contribution in [1.29, 1.82) is 0 Å². The predicted octanol–water partition coefficient (Wildman–Crippen LogP) is 2.58. The van der Waals surface area contributed by atoms with Gasteiger partial charge in [0.15, 0.2) is 5.76 Å². The monoisotopic (exact) mass is 410 g/mol. The van der Waals surface area contributed by atoms with E-state index in [2.05, 4.69) is 20.0 Å². The molecule has 148 valence electrons. The minimum Gasteiger partial charge on any atom is -0.438 e. The Kier molecular flexibility index (Phi) is 4.91. The maximum Gasteiger partial charge on any atom is 0.287 e. The number of fused-ring (bicyclic) bond motifs is 1. The molecule has 3 N–H and O–H groups in total. The average Bonchev–Trinajstić information content (AvgIpc) is 3.42. The molecule has 0 radical (unpaired) electrons. The first-order chi connectivity index (χ1) is 14.0. The number of benzene rings is 2. The number of amides is 1. The number of H-pyrrole nitrogens is 1. The van der Waals surface area contributed by atoms with Crippen molar-refractivity contribution in [2.75, 3.05) is 7.05 Å². The van der Waals surface area contributed by atoms with Crippen molar-refractivity contribution in [2.24, 2.45) is 0 Å². The van der Waals surface area contributed by atoms with Crippen LogP contribution in [0.5, 0.6) is 0 Å². The van der Waals surface area contributed by atoms with Gasteiger partial charge in [-0.15, -0.1) is 0 Å². The summed E-state index contributed by atoms with van der Waals surface area (Å²) in [5.41, 5.74) is 3.38. The lowest BCUT2D eigenvalue weighted by atomic mass is 9.98. The Labute approximate surface area is 167 Å². The molecule has 29 heavy (non-hydrogen) atoms. The second-order valence-corrected chi connectivity index (χ2v) is 8.14. The van der Waals surface area contributed by atoms with Gasteiger partial charge in [-0.25, -0.2) is 18.1 Å². The van der Waals surface area contributed by atoms with E-state index in [4.69, 9.17) is 4.42 Å². The SMILES string of the molecule is CNS(=O)(=O)c1ccc(C(=O)NC(c2ccccc2)c2ccc3nc[nH]c3c2)o1. The van der Waals surface area contributed by atoms with Gasteiger partial charge in [-0.2, -0.15) is 0 Å². The Morgan fingerprint density at radius 1 is 1.07 bits per heavy atom. The Hall–Kier alpha value is -3.43. The van der Waals surface area contributed by atoms with Crippen LogP contribution in [0.15, 0.2) is 76.5 Å². The highest BCUT2D eigenvalue weighted by atomic mass is 32.2. The van der Waals surface area contributed by atoms with Crippen molar-refractivity contribution in [3.05, 3.63) is 83.9 Å². The molecule has 4 rings (SSSR count). The summed E-state index contributed by atoms with van der Waals surface area (Å²) in [7, 11) is -2.50. The van der Waals surface area contributed by atoms with E-state index in [1.165, 1.54) is 19.2 Å². The number of rotatable bonds is 6. The average molecular weight is 410 g/mol. The van der Waals surface area contributed by atoms with Crippen LogP contribution in [0.1, 0.15) is 27.7 Å². The number of furan rings is 1. The van der Waals surface area contributed by atoms with E-state index in [0.717, 1.165) is 22.2 Å². The molecule has 9 heteroatoms. The molecule has 0 aliphatic rings. The lowest BCUT2D eigenvalue weighted by molar-refractivity contribution is 0.0909. The van der Waals surface area contributed by atoms with Gasteiger partial charge in [0.25, 0.3) is 15.9 Å². The van der Waals surface area contributed by atoms with Gasteiger partial charge in [-0.05, 0) is 42.4 Å². The van der Waals surface area contributed by atoms with Crippen LogP contribution < -0.4 is 10.0 Å². The molecule has 8 nitrogen and oxygen atoms in total. The van der Waals surface area contributed by atoms with E-state index in [9.17, 15) is 13.2 Å². The number of aromatic nitrogens is 2. The molecule has 1 atom stereocenters. The first-order valence-electron chi connectivity index (χ1n) is 8.80. The van der Waals surface area contributed by atoms with Crippen LogP contribution >= 0.6 is 0 Å². The molecular formula is C20H18N4O4S. The van der Waals surface area contributed by atoms with E-state index >= 15 is 0 Å². The fraction of sp³-hybridized carbons (Fsp3) is 0.100. The summed E-state index contributed by atoms with van der Waals surface area (Å²) >= 11 is 0. The third-order valence-corrected chi connectivity index (χ3v) is 5.81. The van der Waals surface area contributed by atoms with Gasteiger partial charge in [0.05, 0.1) is 23.4 Å². The molecule has 0 saturated carbocycles. The summed E-state index contributed by atoms with van der Waals surface area (Å²) in [6, 6.07) is 17.2. The van der Waals surface area contributed by atoms with E-state index in [1.54, 1.807) is 6.33 Å². The number of nitrogens with zero attached hydrogens (tertiary/aromatic N) is 1. The molecule has 1 unspecified atom stereocenters. The van der Waals surface area contributed by atoms with Crippen LogP contribution in [0.25, 0.3) is 11.0 Å². The normalized spacial score (nSPS) is 12.7. The van der Waals surface area contributed by atoms with Crippen molar-refractivity contribution in [1.82, 2.24) is 20.0 Å². The largest absolute Gasteiger partial charge is 0.438 e. The molecule has 2 heterocycles. The number of nitrogens with one attached hydrogen (secondary N) is 3. The minimum atomic E-state index is -3.77. The number of sulfonamides is 1. The molecule has 0 spiro atoms. The van der Waals surface area contributed by atoms with E-state index in [-0.39, 0.29) is 10.9 Å². The molecule has 4 aromatic rings. The molecule has 0 aliphatic heterocycles. The molecule has 2 aromatic carbocycles. The Morgan fingerprint density at radius 3 is 2.62 bits per heavy atom. The lowest BCUT2D eigenvalue weighted by Gasteiger charge is -2.19. The summed E-state index contributed by atoms with van der Waals surface area (Å²) in [6.07, 6.45) is 1.61. The zero-order chi connectivity index (χ0) is 20.4. The quantitative estimate of drug-likeness (QED) is 0.452. The van der Waals surface area contributed by atoms with Crippen LogP contribution in [0, 0.1) is 0 Å². The highest BCUT2D eigenvalue weighted by Gasteiger charge is 2.23. The van der Waals surface area contributed by atoms with Crippen molar-refractivity contribution in [2.45, 2.75) is 11.1 Å². The molecular weight excluding hydrogens is 392 g/mol. The van der Waals surface area contributed by atoms with E-state index in [0.29, 0.717) is 0 Å². The van der Waals surface area contributed by atoms with Crippen LogP contribution in [-0.4, -0.2) is 31.3 Å². The fourth-order valence-corrected chi connectivity index (χ4v) is 3.67. The van der Waals surface area contributed by atoms with E-state index in [1.807, 2.05) is 48.5 Å². The van der Waals surface area contributed by atoms with Crippen LogP contribution in [-0.2, 0) is 10.0 Å². The molecule has 0 aliphatic carbocycles. The zero-order valence-corrected chi connectivity index (χ0v) is 16.2. The van der Waals surface area contributed by atoms with Crippen LogP contribution in [0.3, 0.4) is 0 Å². The second-order valence-electron chi connectivity index (χ2n) is 6.32. The molecule has 0 fully saturated rings. The van der Waals surface area contributed by atoms with Gasteiger partial charge in [0, 0.05) is 0 Å².